The molecule has 0 fully saturated rings. The lowest BCUT2D eigenvalue weighted by molar-refractivity contribution is -0.116. The van der Waals surface area contributed by atoms with Gasteiger partial charge in [0.25, 0.3) is 5.56 Å². The lowest BCUT2D eigenvalue weighted by atomic mass is 10.2. The van der Waals surface area contributed by atoms with E-state index in [1.807, 2.05) is 18.2 Å². The minimum absolute atomic E-state index is 0.156. The van der Waals surface area contributed by atoms with Gasteiger partial charge in [0, 0.05) is 24.6 Å². The van der Waals surface area contributed by atoms with Crippen molar-refractivity contribution in [3.05, 3.63) is 58.5 Å². The van der Waals surface area contributed by atoms with Crippen LogP contribution in [0, 0.1) is 0 Å². The Morgan fingerprint density at radius 2 is 1.92 bits per heavy atom. The van der Waals surface area contributed by atoms with Crippen LogP contribution in [-0.4, -0.2) is 29.1 Å². The van der Waals surface area contributed by atoms with Gasteiger partial charge < -0.3 is 19.8 Å². The molecular weight excluding hydrogens is 334 g/mol. The average Bonchev–Trinajstić information content (AvgIpc) is 2.66. The van der Waals surface area contributed by atoms with Crippen LogP contribution in [0.2, 0.25) is 0 Å². The molecule has 0 bridgehead atoms. The van der Waals surface area contributed by atoms with Gasteiger partial charge in [-0.25, -0.2) is 4.98 Å². The summed E-state index contributed by atoms with van der Waals surface area (Å²) in [6.45, 7) is 1.01. The highest BCUT2D eigenvalue weighted by molar-refractivity contribution is 5.91. The number of para-hydroxylation sites is 2. The monoisotopic (exact) mass is 351 g/mol. The Morgan fingerprint density at radius 1 is 1.12 bits per heavy atom. The highest BCUT2D eigenvalue weighted by Gasteiger charge is 2.13. The van der Waals surface area contributed by atoms with E-state index in [0.29, 0.717) is 47.1 Å². The van der Waals surface area contributed by atoms with Gasteiger partial charge in [-0.3, -0.25) is 9.59 Å². The minimum atomic E-state index is -0.268. The second-order valence-corrected chi connectivity index (χ2v) is 5.94. The molecule has 0 saturated carbocycles. The number of fused-ring (bicyclic) bond motifs is 2. The van der Waals surface area contributed by atoms with Gasteiger partial charge in [-0.15, -0.1) is 0 Å². The number of H-pyrrole nitrogens is 1. The third-order valence-corrected chi connectivity index (χ3v) is 4.08. The van der Waals surface area contributed by atoms with Crippen LogP contribution in [0.3, 0.4) is 0 Å². The molecule has 0 aliphatic carbocycles. The Bertz CT molecular complexity index is 1030. The molecule has 0 spiro atoms. The van der Waals surface area contributed by atoms with Crippen LogP contribution >= 0.6 is 0 Å². The first-order valence-electron chi connectivity index (χ1n) is 8.36. The first kappa shape index (κ1) is 16.1. The maximum atomic E-state index is 12.2. The van der Waals surface area contributed by atoms with Crippen LogP contribution in [0.15, 0.2) is 47.3 Å². The molecule has 0 unspecified atom stereocenters. The second-order valence-electron chi connectivity index (χ2n) is 5.94. The number of nitrogens with zero attached hydrogens (tertiary/aromatic N) is 1. The van der Waals surface area contributed by atoms with Crippen molar-refractivity contribution in [2.45, 2.75) is 12.8 Å². The molecule has 0 saturated heterocycles. The molecule has 1 aliphatic rings. The largest absolute Gasteiger partial charge is 0.486 e. The van der Waals surface area contributed by atoms with Gasteiger partial charge in [0.15, 0.2) is 11.5 Å². The molecule has 2 N–H and O–H groups in total. The summed E-state index contributed by atoms with van der Waals surface area (Å²) in [5, 5.41) is 2.80. The average molecular weight is 351 g/mol. The predicted octanol–water partition coefficient (Wildman–Crippen LogP) is 2.27. The second kappa shape index (κ2) is 6.87. The van der Waals surface area contributed by atoms with E-state index in [9.17, 15) is 9.59 Å². The minimum Gasteiger partial charge on any atom is -0.486 e. The van der Waals surface area contributed by atoms with Crippen molar-refractivity contribution >= 4 is 22.6 Å². The number of anilines is 1. The van der Waals surface area contributed by atoms with Crippen molar-refractivity contribution in [3.63, 3.8) is 0 Å². The van der Waals surface area contributed by atoms with Gasteiger partial charge in [0.1, 0.15) is 18.9 Å². The molecule has 26 heavy (non-hydrogen) atoms. The molecule has 1 aromatic heterocycles. The number of carbonyl (C=O) groups excluding carboxylic acids is 1. The van der Waals surface area contributed by atoms with Gasteiger partial charge in [0.2, 0.25) is 5.91 Å². The molecule has 0 radical (unpaired) electrons. The first-order chi connectivity index (χ1) is 12.7. The summed E-state index contributed by atoms with van der Waals surface area (Å²) in [5.74, 6) is 1.08. The van der Waals surface area contributed by atoms with Crippen molar-refractivity contribution in [2.24, 2.45) is 0 Å². The Labute approximate surface area is 149 Å². The number of aromatic amines is 1. The number of aromatic nitrogens is 2. The summed E-state index contributed by atoms with van der Waals surface area (Å²) in [4.78, 5) is 31.4. The van der Waals surface area contributed by atoms with Crippen LogP contribution < -0.4 is 20.3 Å². The third kappa shape index (κ3) is 3.37. The summed E-state index contributed by atoms with van der Waals surface area (Å²) in [5.41, 5.74) is 2.09. The molecule has 1 amide bonds. The Morgan fingerprint density at radius 3 is 2.81 bits per heavy atom. The lowest BCUT2D eigenvalue weighted by Gasteiger charge is -2.19. The SMILES string of the molecule is O=C(CCc1nc2ccccc2[nH]c1=O)Nc1ccc2c(c1)OCCO2. The number of ether oxygens (including phenoxy) is 2. The number of benzene rings is 2. The number of aryl methyl sites for hydroxylation is 1. The highest BCUT2D eigenvalue weighted by Crippen LogP contribution is 2.32. The Hall–Kier alpha value is -3.35. The van der Waals surface area contributed by atoms with Crippen molar-refractivity contribution in [1.29, 1.82) is 0 Å². The number of hydrogen-bond donors (Lipinski definition) is 2. The molecule has 1 aliphatic heterocycles. The van der Waals surface area contributed by atoms with Crippen molar-refractivity contribution in [3.8, 4) is 11.5 Å². The molecule has 7 nitrogen and oxygen atoms in total. The van der Waals surface area contributed by atoms with Gasteiger partial charge in [-0.2, -0.15) is 0 Å². The predicted molar refractivity (Wildman–Crippen MR) is 96.7 cm³/mol. The van der Waals surface area contributed by atoms with E-state index >= 15 is 0 Å². The van der Waals surface area contributed by atoms with Crippen LogP contribution in [0.4, 0.5) is 5.69 Å². The zero-order chi connectivity index (χ0) is 17.9. The summed E-state index contributed by atoms with van der Waals surface area (Å²) in [6.07, 6.45) is 0.416. The zero-order valence-electron chi connectivity index (χ0n) is 14.0. The number of rotatable bonds is 4. The standard InChI is InChI=1S/C19H17N3O4/c23-18(20-12-5-7-16-17(11-12)26-10-9-25-16)8-6-15-19(24)22-14-4-2-1-3-13(14)21-15/h1-5,7,11H,6,8-10H2,(H,20,23)(H,22,24). The number of hydrogen-bond acceptors (Lipinski definition) is 5. The van der Waals surface area contributed by atoms with Crippen LogP contribution in [0.25, 0.3) is 11.0 Å². The van der Waals surface area contributed by atoms with E-state index in [1.165, 1.54) is 0 Å². The van der Waals surface area contributed by atoms with Crippen LogP contribution in [-0.2, 0) is 11.2 Å². The number of amides is 1. The molecule has 7 heteroatoms. The highest BCUT2D eigenvalue weighted by atomic mass is 16.6. The molecule has 0 atom stereocenters. The van der Waals surface area contributed by atoms with Gasteiger partial charge in [-0.1, -0.05) is 12.1 Å². The molecule has 3 aromatic rings. The van der Waals surface area contributed by atoms with Crippen LogP contribution in [0.5, 0.6) is 11.5 Å². The topological polar surface area (TPSA) is 93.3 Å². The molecule has 2 aromatic carbocycles. The van der Waals surface area contributed by atoms with E-state index in [2.05, 4.69) is 15.3 Å². The zero-order valence-corrected chi connectivity index (χ0v) is 14.0. The van der Waals surface area contributed by atoms with Gasteiger partial charge in [-0.05, 0) is 24.3 Å². The van der Waals surface area contributed by atoms with Crippen LogP contribution in [0.1, 0.15) is 12.1 Å². The van der Waals surface area contributed by atoms with Crippen molar-refractivity contribution in [2.75, 3.05) is 18.5 Å². The first-order valence-corrected chi connectivity index (χ1v) is 8.36. The third-order valence-electron chi connectivity index (χ3n) is 4.08. The normalized spacial score (nSPS) is 12.8. The van der Waals surface area contributed by atoms with Crippen molar-refractivity contribution < 1.29 is 14.3 Å². The van der Waals surface area contributed by atoms with Gasteiger partial charge in [0.05, 0.1) is 11.0 Å². The van der Waals surface area contributed by atoms with E-state index in [0.717, 1.165) is 0 Å². The molecular formula is C19H17N3O4. The molecule has 132 valence electrons. The fourth-order valence-corrected chi connectivity index (χ4v) is 2.81. The molecule has 2 heterocycles. The van der Waals surface area contributed by atoms with E-state index < -0.39 is 0 Å². The Balaban J connectivity index is 1.43. The van der Waals surface area contributed by atoms with E-state index in [4.69, 9.17) is 9.47 Å². The fraction of sp³-hybridized carbons (Fsp3) is 0.211. The van der Waals surface area contributed by atoms with Crippen molar-refractivity contribution in [1.82, 2.24) is 9.97 Å². The lowest BCUT2D eigenvalue weighted by Crippen LogP contribution is -2.19. The summed E-state index contributed by atoms with van der Waals surface area (Å²) in [7, 11) is 0. The van der Waals surface area contributed by atoms with Gasteiger partial charge >= 0.3 is 0 Å². The summed E-state index contributed by atoms with van der Waals surface area (Å²) < 4.78 is 11.0. The van der Waals surface area contributed by atoms with E-state index in [-0.39, 0.29) is 24.3 Å². The summed E-state index contributed by atoms with van der Waals surface area (Å²) >= 11 is 0. The molecule has 4 rings (SSSR count). The number of nitrogens with one attached hydrogen (secondary N) is 2. The quantitative estimate of drug-likeness (QED) is 0.752. The maximum Gasteiger partial charge on any atom is 0.270 e. The Kier molecular flexibility index (Phi) is 4.27. The fourth-order valence-electron chi connectivity index (χ4n) is 2.81. The van der Waals surface area contributed by atoms with E-state index in [1.54, 1.807) is 24.3 Å². The smallest absolute Gasteiger partial charge is 0.270 e. The summed E-state index contributed by atoms with van der Waals surface area (Å²) in [6, 6.07) is 12.6. The maximum absolute atomic E-state index is 12.2. The number of carbonyl (C=O) groups is 1.